The molecule has 4 rings (SSSR count). The van der Waals surface area contributed by atoms with E-state index < -0.39 is 0 Å². The van der Waals surface area contributed by atoms with Gasteiger partial charge in [-0.2, -0.15) is 0 Å². The zero-order valence-electron chi connectivity index (χ0n) is 18.7. The van der Waals surface area contributed by atoms with Crippen LogP contribution in [0.25, 0.3) is 10.9 Å². The third kappa shape index (κ3) is 5.52. The Balaban J connectivity index is 1.47. The van der Waals surface area contributed by atoms with Crippen LogP contribution in [-0.2, 0) is 16.0 Å². The number of carbonyl (C=O) groups excluding carboxylic acids is 1. The molecule has 1 aromatic heterocycles. The number of hydrogen-bond acceptors (Lipinski definition) is 3. The minimum atomic E-state index is -0.0348. The number of amides is 1. The molecule has 0 saturated carbocycles. The molecule has 5 nitrogen and oxygen atoms in total. The van der Waals surface area contributed by atoms with Crippen LogP contribution in [0.15, 0.2) is 48.7 Å². The van der Waals surface area contributed by atoms with Crippen molar-refractivity contribution in [3.05, 3.63) is 70.4 Å². The average molecular weight is 454 g/mol. The lowest BCUT2D eigenvalue weighted by Crippen LogP contribution is -2.38. The number of rotatable bonds is 9. The first kappa shape index (κ1) is 22.8. The molecule has 0 bridgehead atoms. The van der Waals surface area contributed by atoms with E-state index in [1.54, 1.807) is 0 Å². The third-order valence-corrected chi connectivity index (χ3v) is 6.58. The summed E-state index contributed by atoms with van der Waals surface area (Å²) in [4.78, 5) is 18.8. The Hall–Kier alpha value is -2.34. The quantitative estimate of drug-likeness (QED) is 0.460. The van der Waals surface area contributed by atoms with E-state index >= 15 is 0 Å². The van der Waals surface area contributed by atoms with Crippen LogP contribution >= 0.6 is 11.6 Å². The van der Waals surface area contributed by atoms with Crippen LogP contribution in [0, 0.1) is 0 Å². The molecule has 2 N–H and O–H groups in total. The van der Waals surface area contributed by atoms with Crippen molar-refractivity contribution in [3.63, 3.8) is 0 Å². The first-order valence-corrected chi connectivity index (χ1v) is 11.9. The normalized spacial score (nSPS) is 15.7. The molecule has 1 unspecified atom stereocenters. The van der Waals surface area contributed by atoms with Gasteiger partial charge in [-0.3, -0.25) is 9.69 Å². The highest BCUT2D eigenvalue weighted by atomic mass is 35.5. The molecule has 0 radical (unpaired) electrons. The van der Waals surface area contributed by atoms with Crippen LogP contribution in [0.1, 0.15) is 42.4 Å². The van der Waals surface area contributed by atoms with Gasteiger partial charge in [-0.15, -0.1) is 0 Å². The van der Waals surface area contributed by atoms with Gasteiger partial charge < -0.3 is 15.0 Å². The molecule has 1 atom stereocenters. The zero-order chi connectivity index (χ0) is 22.3. The van der Waals surface area contributed by atoms with Gasteiger partial charge in [0.05, 0.1) is 13.2 Å². The lowest BCUT2D eigenvalue weighted by Gasteiger charge is -2.26. The Labute approximate surface area is 195 Å². The van der Waals surface area contributed by atoms with Crippen molar-refractivity contribution in [2.24, 2.45) is 0 Å². The molecular weight excluding hydrogens is 422 g/mol. The number of nitrogens with zero attached hydrogens (tertiary/aromatic N) is 1. The maximum absolute atomic E-state index is 12.9. The molecule has 1 aliphatic heterocycles. The Bertz CT molecular complexity index is 1030. The summed E-state index contributed by atoms with van der Waals surface area (Å²) in [5.41, 5.74) is 4.70. The predicted octanol–water partition coefficient (Wildman–Crippen LogP) is 4.74. The number of aromatic nitrogens is 1. The van der Waals surface area contributed by atoms with Gasteiger partial charge in [-0.05, 0) is 48.2 Å². The second-order valence-electron chi connectivity index (χ2n) is 8.40. The summed E-state index contributed by atoms with van der Waals surface area (Å²) in [5, 5.41) is 5.02. The number of H-pyrrole nitrogens is 1. The van der Waals surface area contributed by atoms with E-state index in [9.17, 15) is 4.79 Å². The second kappa shape index (κ2) is 11.0. The highest BCUT2D eigenvalue weighted by Gasteiger charge is 2.22. The zero-order valence-corrected chi connectivity index (χ0v) is 19.5. The Morgan fingerprint density at radius 2 is 1.97 bits per heavy atom. The fourth-order valence-corrected chi connectivity index (χ4v) is 4.66. The number of aryl methyl sites for hydroxylation is 1. The van der Waals surface area contributed by atoms with Gasteiger partial charge in [0, 0.05) is 54.1 Å². The summed E-state index contributed by atoms with van der Waals surface area (Å²) in [6, 6.07) is 14.3. The summed E-state index contributed by atoms with van der Waals surface area (Å²) in [7, 11) is 0. The number of hydrogen-bond donors (Lipinski definition) is 2. The molecule has 2 heterocycles. The number of fused-ring (bicyclic) bond motifs is 1. The number of aromatic amines is 1. The van der Waals surface area contributed by atoms with Gasteiger partial charge in [0.1, 0.15) is 0 Å². The highest BCUT2D eigenvalue weighted by Crippen LogP contribution is 2.35. The van der Waals surface area contributed by atoms with Crippen molar-refractivity contribution in [1.82, 2.24) is 15.2 Å². The molecule has 32 heavy (non-hydrogen) atoms. The molecule has 1 fully saturated rings. The van der Waals surface area contributed by atoms with E-state index in [0.29, 0.717) is 18.0 Å². The summed E-state index contributed by atoms with van der Waals surface area (Å²) in [5.74, 6) is 0.0419. The van der Waals surface area contributed by atoms with Gasteiger partial charge >= 0.3 is 0 Å². The molecule has 1 aliphatic rings. The lowest BCUT2D eigenvalue weighted by atomic mass is 9.87. The Morgan fingerprint density at radius 1 is 1.19 bits per heavy atom. The molecule has 6 heteroatoms. The molecule has 0 aliphatic carbocycles. The maximum atomic E-state index is 12.9. The second-order valence-corrected chi connectivity index (χ2v) is 8.84. The highest BCUT2D eigenvalue weighted by molar-refractivity contribution is 6.30. The van der Waals surface area contributed by atoms with E-state index in [2.05, 4.69) is 46.5 Å². The Kier molecular flexibility index (Phi) is 7.85. The largest absolute Gasteiger partial charge is 0.379 e. The fraction of sp³-hybridized carbons (Fsp3) is 0.423. The van der Waals surface area contributed by atoms with Gasteiger partial charge in [0.2, 0.25) is 5.91 Å². The van der Waals surface area contributed by atoms with E-state index in [1.165, 1.54) is 10.9 Å². The van der Waals surface area contributed by atoms with Crippen molar-refractivity contribution < 1.29 is 9.53 Å². The van der Waals surface area contributed by atoms with Crippen molar-refractivity contribution in [1.29, 1.82) is 0 Å². The summed E-state index contributed by atoms with van der Waals surface area (Å²) in [6.45, 7) is 7.42. The fourth-order valence-electron chi connectivity index (χ4n) is 4.54. The summed E-state index contributed by atoms with van der Waals surface area (Å²) < 4.78 is 5.40. The SMILES string of the molecule is CCc1cccc2c(C(CC(=O)NCCCN3CCOCC3)c3ccc(Cl)cc3)c[nH]c12. The number of para-hydroxylation sites is 1. The minimum Gasteiger partial charge on any atom is -0.379 e. The van der Waals surface area contributed by atoms with E-state index in [-0.39, 0.29) is 11.8 Å². The molecule has 1 amide bonds. The molecule has 0 spiro atoms. The summed E-state index contributed by atoms with van der Waals surface area (Å²) >= 11 is 6.13. The molecule has 1 saturated heterocycles. The first-order valence-electron chi connectivity index (χ1n) is 11.6. The monoisotopic (exact) mass is 453 g/mol. The van der Waals surface area contributed by atoms with E-state index in [4.69, 9.17) is 16.3 Å². The molecule has 3 aromatic rings. The Morgan fingerprint density at radius 3 is 2.72 bits per heavy atom. The van der Waals surface area contributed by atoms with Crippen molar-refractivity contribution in [3.8, 4) is 0 Å². The van der Waals surface area contributed by atoms with Gasteiger partial charge in [-0.1, -0.05) is 48.9 Å². The molecule has 2 aromatic carbocycles. The predicted molar refractivity (Wildman–Crippen MR) is 130 cm³/mol. The topological polar surface area (TPSA) is 57.4 Å². The van der Waals surface area contributed by atoms with Crippen LogP contribution < -0.4 is 5.32 Å². The van der Waals surface area contributed by atoms with Crippen LogP contribution in [0.2, 0.25) is 5.02 Å². The third-order valence-electron chi connectivity index (χ3n) is 6.33. The average Bonchev–Trinajstić information content (AvgIpc) is 3.26. The molecule has 170 valence electrons. The van der Waals surface area contributed by atoms with Crippen LogP contribution in [0.4, 0.5) is 0 Å². The number of halogens is 1. The van der Waals surface area contributed by atoms with Crippen molar-refractivity contribution >= 4 is 28.4 Å². The lowest BCUT2D eigenvalue weighted by molar-refractivity contribution is -0.121. The minimum absolute atomic E-state index is 0.0348. The number of morpholine rings is 1. The maximum Gasteiger partial charge on any atom is 0.220 e. The van der Waals surface area contributed by atoms with Gasteiger partial charge in [0.25, 0.3) is 0 Å². The van der Waals surface area contributed by atoms with Crippen LogP contribution in [-0.4, -0.2) is 55.2 Å². The van der Waals surface area contributed by atoms with Crippen LogP contribution in [0.3, 0.4) is 0 Å². The first-order chi connectivity index (χ1) is 15.7. The standard InChI is InChI=1S/C26H32ClN3O2/c1-2-19-5-3-6-22-24(18-29-26(19)22)23(20-7-9-21(27)10-8-20)17-25(31)28-11-4-12-30-13-15-32-16-14-30/h3,5-10,18,23,29H,2,4,11-17H2,1H3,(H,28,31). The van der Waals surface area contributed by atoms with Crippen molar-refractivity contribution in [2.75, 3.05) is 39.4 Å². The van der Waals surface area contributed by atoms with E-state index in [1.807, 2.05) is 24.3 Å². The van der Waals surface area contributed by atoms with Gasteiger partial charge in [0.15, 0.2) is 0 Å². The van der Waals surface area contributed by atoms with E-state index in [0.717, 1.165) is 62.3 Å². The summed E-state index contributed by atoms with van der Waals surface area (Å²) in [6.07, 6.45) is 4.38. The van der Waals surface area contributed by atoms with Crippen molar-refractivity contribution in [2.45, 2.75) is 32.1 Å². The van der Waals surface area contributed by atoms with Crippen LogP contribution in [0.5, 0.6) is 0 Å². The molecular formula is C26H32ClN3O2. The number of nitrogens with one attached hydrogen (secondary N) is 2. The number of carbonyl (C=O) groups is 1. The van der Waals surface area contributed by atoms with Gasteiger partial charge in [-0.25, -0.2) is 0 Å². The smallest absolute Gasteiger partial charge is 0.220 e. The number of ether oxygens (including phenoxy) is 1. The number of benzene rings is 2.